The summed E-state index contributed by atoms with van der Waals surface area (Å²) in [5.41, 5.74) is 1.63. The maximum Gasteiger partial charge on any atom is 0.234 e. The number of amides is 1. The van der Waals surface area contributed by atoms with Crippen molar-refractivity contribution < 1.29 is 4.79 Å². The minimum Gasteiger partial charge on any atom is -0.325 e. The van der Waals surface area contributed by atoms with E-state index in [9.17, 15) is 4.79 Å². The molecule has 0 atom stereocenters. The van der Waals surface area contributed by atoms with Gasteiger partial charge in [0.15, 0.2) is 8.29 Å². The number of carbonyl (C=O) groups is 1. The third-order valence-corrected chi connectivity index (χ3v) is 6.66. The van der Waals surface area contributed by atoms with Gasteiger partial charge in [-0.2, -0.15) is 0 Å². The lowest BCUT2D eigenvalue weighted by Crippen LogP contribution is -2.13. The second-order valence-electron chi connectivity index (χ2n) is 5.09. The Morgan fingerprint density at radius 1 is 1.23 bits per heavy atom. The van der Waals surface area contributed by atoms with Crippen LogP contribution in [0.5, 0.6) is 0 Å². The van der Waals surface area contributed by atoms with E-state index in [4.69, 9.17) is 23.8 Å². The van der Waals surface area contributed by atoms with Crippen molar-refractivity contribution in [2.75, 3.05) is 17.3 Å². The summed E-state index contributed by atoms with van der Waals surface area (Å²) in [4.78, 5) is 13.3. The lowest BCUT2D eigenvalue weighted by atomic mass is 10.3. The standard InChI is InChI=1S/C17H14ClN3OS4/c1-24-14-8-4-12(5-9-14)19-15(22)10-25-16-20-21(17(23)26-16)13-6-2-11(18)3-7-13/h2-9H,10H2,1H3,(H,19,22). The predicted molar refractivity (Wildman–Crippen MR) is 115 cm³/mol. The summed E-state index contributed by atoms with van der Waals surface area (Å²) in [6, 6.07) is 15.1. The fourth-order valence-corrected chi connectivity index (χ4v) is 4.76. The van der Waals surface area contributed by atoms with Crippen LogP contribution in [0.2, 0.25) is 5.02 Å². The number of benzene rings is 2. The maximum absolute atomic E-state index is 12.1. The van der Waals surface area contributed by atoms with Crippen LogP contribution in [0.3, 0.4) is 0 Å². The van der Waals surface area contributed by atoms with Crippen molar-refractivity contribution in [3.05, 3.63) is 57.5 Å². The molecule has 4 nitrogen and oxygen atoms in total. The van der Waals surface area contributed by atoms with Crippen molar-refractivity contribution >= 4 is 70.3 Å². The van der Waals surface area contributed by atoms with Gasteiger partial charge in [-0.15, -0.1) is 16.9 Å². The normalized spacial score (nSPS) is 10.7. The number of halogens is 1. The molecule has 0 aliphatic heterocycles. The molecule has 0 radical (unpaired) electrons. The number of hydrogen-bond donors (Lipinski definition) is 1. The Morgan fingerprint density at radius 3 is 2.58 bits per heavy atom. The number of nitrogens with one attached hydrogen (secondary N) is 1. The molecule has 0 aliphatic carbocycles. The first-order valence-corrected chi connectivity index (χ1v) is 11.3. The Balaban J connectivity index is 1.60. The molecule has 0 unspecified atom stereocenters. The molecule has 3 aromatic rings. The van der Waals surface area contributed by atoms with Crippen molar-refractivity contribution in [3.63, 3.8) is 0 Å². The summed E-state index contributed by atoms with van der Waals surface area (Å²) in [7, 11) is 0. The molecule has 0 saturated heterocycles. The Hall–Kier alpha value is -1.32. The number of rotatable bonds is 6. The zero-order chi connectivity index (χ0) is 18.5. The fourth-order valence-electron chi connectivity index (χ4n) is 2.06. The van der Waals surface area contributed by atoms with Crippen molar-refractivity contribution in [2.24, 2.45) is 0 Å². The molecule has 1 amide bonds. The van der Waals surface area contributed by atoms with Crippen LogP contribution < -0.4 is 5.32 Å². The molecule has 0 bridgehead atoms. The zero-order valence-corrected chi connectivity index (χ0v) is 17.7. The van der Waals surface area contributed by atoms with Gasteiger partial charge in [-0.05, 0) is 67.0 Å². The Bertz CT molecular complexity index is 951. The number of hydrogen-bond acceptors (Lipinski definition) is 6. The molecule has 2 aromatic carbocycles. The quantitative estimate of drug-likeness (QED) is 0.390. The third-order valence-electron chi connectivity index (χ3n) is 3.30. The summed E-state index contributed by atoms with van der Waals surface area (Å²) in [6.45, 7) is 0. The minimum atomic E-state index is -0.0777. The monoisotopic (exact) mass is 439 g/mol. The van der Waals surface area contributed by atoms with Crippen LogP contribution in [-0.4, -0.2) is 27.7 Å². The molecule has 1 N–H and O–H groups in total. The molecule has 0 fully saturated rings. The first-order valence-electron chi connectivity index (χ1n) is 7.48. The lowest BCUT2D eigenvalue weighted by molar-refractivity contribution is -0.113. The first kappa shape index (κ1) is 19.4. The smallest absolute Gasteiger partial charge is 0.234 e. The van der Waals surface area contributed by atoms with Crippen LogP contribution in [0.25, 0.3) is 5.69 Å². The number of nitrogens with zero attached hydrogens (tertiary/aromatic N) is 2. The maximum atomic E-state index is 12.1. The lowest BCUT2D eigenvalue weighted by Gasteiger charge is -2.05. The van der Waals surface area contributed by atoms with Gasteiger partial charge in [-0.1, -0.05) is 34.7 Å². The highest BCUT2D eigenvalue weighted by atomic mass is 35.5. The average Bonchev–Trinajstić information content (AvgIpc) is 3.02. The van der Waals surface area contributed by atoms with E-state index < -0.39 is 0 Å². The molecule has 0 aliphatic rings. The molecule has 134 valence electrons. The van der Waals surface area contributed by atoms with E-state index in [1.165, 1.54) is 23.1 Å². The molecule has 0 saturated carbocycles. The van der Waals surface area contributed by atoms with Gasteiger partial charge < -0.3 is 5.32 Å². The Kier molecular flexibility index (Phi) is 6.77. The molecular weight excluding hydrogens is 426 g/mol. The van der Waals surface area contributed by atoms with Crippen LogP contribution in [0.4, 0.5) is 5.69 Å². The summed E-state index contributed by atoms with van der Waals surface area (Å²) < 4.78 is 3.05. The highest BCUT2D eigenvalue weighted by Gasteiger charge is 2.10. The summed E-state index contributed by atoms with van der Waals surface area (Å²) >= 11 is 15.7. The second-order valence-corrected chi connectivity index (χ2v) is 9.25. The van der Waals surface area contributed by atoms with Crippen LogP contribution in [-0.2, 0) is 4.79 Å². The van der Waals surface area contributed by atoms with E-state index in [2.05, 4.69) is 10.4 Å². The number of aromatic nitrogens is 2. The van der Waals surface area contributed by atoms with Gasteiger partial charge in [-0.3, -0.25) is 4.79 Å². The van der Waals surface area contributed by atoms with Gasteiger partial charge in [0.2, 0.25) is 5.91 Å². The van der Waals surface area contributed by atoms with Crippen molar-refractivity contribution in [1.82, 2.24) is 9.78 Å². The average molecular weight is 440 g/mol. The van der Waals surface area contributed by atoms with E-state index in [0.717, 1.165) is 20.6 Å². The molecular formula is C17H14ClN3OS4. The summed E-state index contributed by atoms with van der Waals surface area (Å²) in [5, 5.41) is 8.02. The van der Waals surface area contributed by atoms with Crippen LogP contribution >= 0.6 is 58.7 Å². The molecule has 1 heterocycles. The van der Waals surface area contributed by atoms with Crippen LogP contribution in [0.1, 0.15) is 0 Å². The fraction of sp³-hybridized carbons (Fsp3) is 0.118. The van der Waals surface area contributed by atoms with Crippen molar-refractivity contribution in [3.8, 4) is 5.69 Å². The first-order chi connectivity index (χ1) is 12.5. The molecule has 1 aromatic heterocycles. The number of thioether (sulfide) groups is 2. The second kappa shape index (κ2) is 9.05. The number of anilines is 1. The molecule has 0 spiro atoms. The van der Waals surface area contributed by atoms with Gasteiger partial charge in [0.1, 0.15) is 0 Å². The van der Waals surface area contributed by atoms with E-state index in [1.807, 2.05) is 42.7 Å². The Morgan fingerprint density at radius 2 is 1.92 bits per heavy atom. The molecule has 3 rings (SSSR count). The van der Waals surface area contributed by atoms with E-state index in [0.29, 0.717) is 8.98 Å². The predicted octanol–water partition coefficient (Wildman–Crippen LogP) is 5.77. The minimum absolute atomic E-state index is 0.0777. The van der Waals surface area contributed by atoms with Gasteiger partial charge in [0.05, 0.1) is 11.4 Å². The summed E-state index contributed by atoms with van der Waals surface area (Å²) in [5.74, 6) is 0.193. The van der Waals surface area contributed by atoms with Crippen molar-refractivity contribution in [1.29, 1.82) is 0 Å². The molecule has 26 heavy (non-hydrogen) atoms. The molecule has 9 heteroatoms. The van der Waals surface area contributed by atoms with Crippen LogP contribution in [0.15, 0.2) is 57.8 Å². The van der Waals surface area contributed by atoms with Crippen molar-refractivity contribution in [2.45, 2.75) is 9.24 Å². The highest BCUT2D eigenvalue weighted by Crippen LogP contribution is 2.25. The van der Waals surface area contributed by atoms with Gasteiger partial charge >= 0.3 is 0 Å². The van der Waals surface area contributed by atoms with Gasteiger partial charge in [-0.25, -0.2) is 4.68 Å². The number of carbonyl (C=O) groups excluding carboxylic acids is 1. The van der Waals surface area contributed by atoms with Gasteiger partial charge in [0.25, 0.3) is 0 Å². The van der Waals surface area contributed by atoms with Gasteiger partial charge in [0, 0.05) is 15.6 Å². The Labute approximate surface area is 174 Å². The third kappa shape index (κ3) is 5.11. The highest BCUT2D eigenvalue weighted by molar-refractivity contribution is 8.01. The zero-order valence-electron chi connectivity index (χ0n) is 13.6. The van der Waals surface area contributed by atoms with E-state index in [-0.39, 0.29) is 11.7 Å². The SMILES string of the molecule is CSc1ccc(NC(=O)CSc2nn(-c3ccc(Cl)cc3)c(=S)s2)cc1. The van der Waals surface area contributed by atoms with E-state index >= 15 is 0 Å². The largest absolute Gasteiger partial charge is 0.325 e. The summed E-state index contributed by atoms with van der Waals surface area (Å²) in [6.07, 6.45) is 2.02. The van der Waals surface area contributed by atoms with E-state index in [1.54, 1.807) is 28.6 Å². The topological polar surface area (TPSA) is 46.9 Å². The van der Waals surface area contributed by atoms with Crippen LogP contribution in [0, 0.1) is 3.95 Å².